The first-order valence-electron chi connectivity index (χ1n) is 18.1. The Kier molecular flexibility index (Phi) is 9.51. The molecule has 0 heterocycles. The first kappa shape index (κ1) is 32.3. The largest absolute Gasteiger partial charge is 0.459 e. The Morgan fingerprint density at radius 3 is 2.02 bits per heavy atom. The van der Waals surface area contributed by atoms with Crippen molar-refractivity contribution in [2.75, 3.05) is 0 Å². The number of hydrogen-bond acceptors (Lipinski definition) is 4. The summed E-state index contributed by atoms with van der Waals surface area (Å²) in [5, 5.41) is 0. The van der Waals surface area contributed by atoms with Crippen molar-refractivity contribution in [1.29, 1.82) is 0 Å². The Hall–Kier alpha value is -2.62. The van der Waals surface area contributed by atoms with Crippen LogP contribution in [0.1, 0.15) is 126 Å². The number of benzene rings is 2. The molecule has 0 N–H and O–H groups in total. The highest BCUT2D eigenvalue weighted by Gasteiger charge is 2.64. The van der Waals surface area contributed by atoms with Gasteiger partial charge in [0.25, 0.3) is 0 Å². The molecule has 4 nitrogen and oxygen atoms in total. The Bertz CT molecular complexity index is 1310. The summed E-state index contributed by atoms with van der Waals surface area (Å²) in [6.45, 7) is 12.3. The molecule has 4 aliphatic carbocycles. The molecule has 4 heteroatoms. The van der Waals surface area contributed by atoms with Gasteiger partial charge in [0.2, 0.25) is 0 Å². The SMILES string of the molecule is CC(C)CCC[C@@H](C)[C@H]1CC(OC(=O)c2ccccc2)[C@H]2[C@@H]3CCC4CC(OC(=O)c5ccccc5)CC[C@]4(C)[C@H]3CC[C@]12C. The molecule has 0 amide bonds. The fourth-order valence-electron chi connectivity index (χ4n) is 11.0. The fraction of sp³-hybridized carbons (Fsp3) is 0.659. The van der Waals surface area contributed by atoms with Gasteiger partial charge >= 0.3 is 11.9 Å². The molecule has 4 saturated carbocycles. The van der Waals surface area contributed by atoms with Crippen LogP contribution in [0.4, 0.5) is 0 Å². The third-order valence-corrected chi connectivity index (χ3v) is 13.3. The summed E-state index contributed by atoms with van der Waals surface area (Å²) in [7, 11) is 0. The molecule has 0 aromatic heterocycles. The lowest BCUT2D eigenvalue weighted by atomic mass is 9.44. The van der Waals surface area contributed by atoms with Crippen molar-refractivity contribution >= 4 is 11.9 Å². The van der Waals surface area contributed by atoms with Crippen molar-refractivity contribution in [3.63, 3.8) is 0 Å². The third-order valence-electron chi connectivity index (χ3n) is 13.3. The van der Waals surface area contributed by atoms with Crippen molar-refractivity contribution in [3.05, 3.63) is 71.8 Å². The number of fused-ring (bicyclic) bond motifs is 5. The minimum Gasteiger partial charge on any atom is -0.459 e. The fourth-order valence-corrected chi connectivity index (χ4v) is 11.0. The topological polar surface area (TPSA) is 52.6 Å². The molecule has 6 rings (SSSR count). The van der Waals surface area contributed by atoms with Crippen LogP contribution in [0.15, 0.2) is 60.7 Å². The van der Waals surface area contributed by atoms with Crippen LogP contribution < -0.4 is 0 Å². The lowest BCUT2D eigenvalue weighted by molar-refractivity contribution is -0.144. The predicted molar refractivity (Wildman–Crippen MR) is 180 cm³/mol. The van der Waals surface area contributed by atoms with E-state index in [0.29, 0.717) is 46.6 Å². The number of ether oxygens (including phenoxy) is 2. The molecule has 45 heavy (non-hydrogen) atoms. The van der Waals surface area contributed by atoms with Crippen LogP contribution in [0.25, 0.3) is 0 Å². The molecular weight excluding hydrogens is 556 g/mol. The van der Waals surface area contributed by atoms with Crippen molar-refractivity contribution < 1.29 is 19.1 Å². The normalized spacial score (nSPS) is 36.4. The van der Waals surface area contributed by atoms with Gasteiger partial charge in [0, 0.05) is 5.92 Å². The Labute approximate surface area is 272 Å². The van der Waals surface area contributed by atoms with E-state index >= 15 is 0 Å². The maximum atomic E-state index is 13.5. The monoisotopic (exact) mass is 612 g/mol. The van der Waals surface area contributed by atoms with Crippen LogP contribution in [0.3, 0.4) is 0 Å². The first-order chi connectivity index (χ1) is 21.6. The Morgan fingerprint density at radius 1 is 0.756 bits per heavy atom. The molecule has 0 bridgehead atoms. The molecule has 2 aromatic rings. The van der Waals surface area contributed by atoms with E-state index in [1.807, 2.05) is 60.7 Å². The molecule has 0 radical (unpaired) electrons. The molecule has 3 unspecified atom stereocenters. The van der Waals surface area contributed by atoms with Crippen LogP contribution in [0.5, 0.6) is 0 Å². The van der Waals surface area contributed by atoms with E-state index in [4.69, 9.17) is 9.47 Å². The molecule has 10 atom stereocenters. The van der Waals surface area contributed by atoms with Gasteiger partial charge in [0.1, 0.15) is 12.2 Å². The summed E-state index contributed by atoms with van der Waals surface area (Å²) in [4.78, 5) is 26.4. The molecule has 0 saturated heterocycles. The standard InChI is InChI=1S/C41H56O4/c1-27(2)13-12-14-28(3)35-26-36(45-39(43)30-17-10-7-11-18-30)37-33-20-19-31-25-32(44-38(42)29-15-8-6-9-16-29)21-23-40(31,4)34(33)22-24-41(35,37)5/h6-11,15-18,27-28,31-37H,12-14,19-26H2,1-5H3/t28-,31?,32?,33-,34+,35-,36?,37-,40+,41-/m1/s1. The van der Waals surface area contributed by atoms with Gasteiger partial charge in [-0.15, -0.1) is 0 Å². The number of hydrogen-bond donors (Lipinski definition) is 0. The van der Waals surface area contributed by atoms with E-state index in [-0.39, 0.29) is 35.0 Å². The zero-order valence-corrected chi connectivity index (χ0v) is 28.4. The lowest BCUT2D eigenvalue weighted by Crippen LogP contribution is -2.56. The predicted octanol–water partition coefficient (Wildman–Crippen LogP) is 10.2. The maximum absolute atomic E-state index is 13.5. The molecule has 4 fully saturated rings. The number of carbonyl (C=O) groups is 2. The lowest BCUT2D eigenvalue weighted by Gasteiger charge is -2.61. The summed E-state index contributed by atoms with van der Waals surface area (Å²) in [5.41, 5.74) is 1.76. The van der Waals surface area contributed by atoms with E-state index in [0.717, 1.165) is 31.6 Å². The first-order valence-corrected chi connectivity index (χ1v) is 18.1. The van der Waals surface area contributed by atoms with Crippen LogP contribution in [0, 0.1) is 52.3 Å². The minimum absolute atomic E-state index is 0.00307. The summed E-state index contributed by atoms with van der Waals surface area (Å²) < 4.78 is 12.7. The highest BCUT2D eigenvalue weighted by Crippen LogP contribution is 2.69. The average molecular weight is 613 g/mol. The van der Waals surface area contributed by atoms with Crippen molar-refractivity contribution in [2.24, 2.45) is 52.3 Å². The average Bonchev–Trinajstić information content (AvgIpc) is 3.33. The van der Waals surface area contributed by atoms with Crippen LogP contribution in [-0.4, -0.2) is 24.1 Å². The van der Waals surface area contributed by atoms with E-state index in [1.54, 1.807) is 0 Å². The smallest absolute Gasteiger partial charge is 0.338 e. The molecule has 4 aliphatic rings. The quantitative estimate of drug-likeness (QED) is 0.264. The molecule has 244 valence electrons. The summed E-state index contributed by atoms with van der Waals surface area (Å²) in [6.07, 6.45) is 12.7. The molecule has 2 aromatic carbocycles. The van der Waals surface area contributed by atoms with Gasteiger partial charge in [-0.2, -0.15) is 0 Å². The van der Waals surface area contributed by atoms with E-state index < -0.39 is 0 Å². The number of esters is 2. The second kappa shape index (κ2) is 13.2. The van der Waals surface area contributed by atoms with Gasteiger partial charge in [-0.3, -0.25) is 0 Å². The number of carbonyl (C=O) groups excluding carboxylic acids is 2. The minimum atomic E-state index is -0.186. The van der Waals surface area contributed by atoms with Gasteiger partial charge in [-0.05, 0) is 122 Å². The van der Waals surface area contributed by atoms with E-state index in [2.05, 4.69) is 34.6 Å². The van der Waals surface area contributed by atoms with E-state index in [9.17, 15) is 9.59 Å². The summed E-state index contributed by atoms with van der Waals surface area (Å²) in [6, 6.07) is 19.0. The second-order valence-electron chi connectivity index (χ2n) is 16.2. The van der Waals surface area contributed by atoms with Crippen molar-refractivity contribution in [1.82, 2.24) is 0 Å². The van der Waals surface area contributed by atoms with Crippen molar-refractivity contribution in [2.45, 2.75) is 117 Å². The summed E-state index contributed by atoms with van der Waals surface area (Å²) >= 11 is 0. The molecular formula is C41H56O4. The molecule has 0 aliphatic heterocycles. The Morgan fingerprint density at radius 2 is 1.38 bits per heavy atom. The van der Waals surface area contributed by atoms with Gasteiger partial charge in [0.15, 0.2) is 0 Å². The van der Waals surface area contributed by atoms with Gasteiger partial charge in [0.05, 0.1) is 11.1 Å². The maximum Gasteiger partial charge on any atom is 0.338 e. The second-order valence-corrected chi connectivity index (χ2v) is 16.2. The highest BCUT2D eigenvalue weighted by molar-refractivity contribution is 5.89. The Balaban J connectivity index is 1.21. The van der Waals surface area contributed by atoms with Gasteiger partial charge in [-0.1, -0.05) is 90.3 Å². The van der Waals surface area contributed by atoms with Crippen LogP contribution >= 0.6 is 0 Å². The van der Waals surface area contributed by atoms with Gasteiger partial charge < -0.3 is 9.47 Å². The third kappa shape index (κ3) is 6.37. The summed E-state index contributed by atoms with van der Waals surface area (Å²) in [5.74, 6) is 3.82. The van der Waals surface area contributed by atoms with Crippen molar-refractivity contribution in [3.8, 4) is 0 Å². The van der Waals surface area contributed by atoms with E-state index in [1.165, 1.54) is 44.9 Å². The number of rotatable bonds is 9. The van der Waals surface area contributed by atoms with Crippen LogP contribution in [0.2, 0.25) is 0 Å². The molecule has 0 spiro atoms. The zero-order chi connectivity index (χ0) is 31.8. The zero-order valence-electron chi connectivity index (χ0n) is 28.4. The van der Waals surface area contributed by atoms with Crippen LogP contribution in [-0.2, 0) is 9.47 Å². The van der Waals surface area contributed by atoms with Gasteiger partial charge in [-0.25, -0.2) is 9.59 Å². The highest BCUT2D eigenvalue weighted by atomic mass is 16.5.